The second-order valence-electron chi connectivity index (χ2n) is 6.27. The van der Waals surface area contributed by atoms with Crippen molar-refractivity contribution in [1.82, 2.24) is 4.90 Å². The quantitative estimate of drug-likeness (QED) is 0.668. The molecule has 0 aliphatic rings. The summed E-state index contributed by atoms with van der Waals surface area (Å²) < 4.78 is 10.4. The summed E-state index contributed by atoms with van der Waals surface area (Å²) in [5.74, 6) is 1.65. The van der Waals surface area contributed by atoms with Gasteiger partial charge in [0.15, 0.2) is 0 Å². The molecule has 25 heavy (non-hydrogen) atoms. The topological polar surface area (TPSA) is 47.7 Å². The molecule has 0 aromatic heterocycles. The Kier molecular flexibility index (Phi) is 7.61. The number of nitrogen functional groups attached to an aromatic ring is 1. The molecule has 0 aliphatic heterocycles. The number of anilines is 1. The Morgan fingerprint density at radius 3 is 2.04 bits per heavy atom. The van der Waals surface area contributed by atoms with Crippen LogP contribution in [0.15, 0.2) is 42.5 Å². The zero-order chi connectivity index (χ0) is 18.1. The summed E-state index contributed by atoms with van der Waals surface area (Å²) in [5, 5.41) is 0. The van der Waals surface area contributed by atoms with Crippen molar-refractivity contribution in [3.05, 3.63) is 53.6 Å². The van der Waals surface area contributed by atoms with E-state index in [1.165, 1.54) is 11.1 Å². The highest BCUT2D eigenvalue weighted by molar-refractivity contribution is 5.54. The van der Waals surface area contributed by atoms with Gasteiger partial charge < -0.3 is 20.1 Å². The Bertz CT molecular complexity index is 641. The van der Waals surface area contributed by atoms with E-state index in [1.54, 1.807) is 14.2 Å². The van der Waals surface area contributed by atoms with Gasteiger partial charge in [-0.15, -0.1) is 0 Å². The van der Waals surface area contributed by atoms with Crippen LogP contribution in [0.4, 0.5) is 5.69 Å². The lowest BCUT2D eigenvalue weighted by atomic mass is 10.1. The van der Waals surface area contributed by atoms with Crippen LogP contribution in [-0.2, 0) is 12.8 Å². The first-order chi connectivity index (χ1) is 12.2. The average Bonchev–Trinajstić information content (AvgIpc) is 2.64. The number of rotatable bonds is 10. The monoisotopic (exact) mass is 342 g/mol. The largest absolute Gasteiger partial charge is 0.497 e. The molecule has 0 atom stereocenters. The molecule has 0 saturated heterocycles. The van der Waals surface area contributed by atoms with Gasteiger partial charge in [0, 0.05) is 13.1 Å². The Balaban J connectivity index is 1.88. The maximum Gasteiger partial charge on any atom is 0.141 e. The number of benzene rings is 2. The summed E-state index contributed by atoms with van der Waals surface area (Å²) in [4.78, 5) is 2.52. The van der Waals surface area contributed by atoms with Crippen molar-refractivity contribution in [2.45, 2.75) is 26.2 Å². The summed E-state index contributed by atoms with van der Waals surface area (Å²) in [7, 11) is 3.34. The molecule has 0 spiro atoms. The van der Waals surface area contributed by atoms with Crippen molar-refractivity contribution in [2.24, 2.45) is 0 Å². The number of ether oxygens (including phenoxy) is 2. The van der Waals surface area contributed by atoms with E-state index in [2.05, 4.69) is 30.0 Å². The van der Waals surface area contributed by atoms with Gasteiger partial charge in [-0.2, -0.15) is 0 Å². The number of nitrogens with two attached hydrogens (primary N) is 1. The van der Waals surface area contributed by atoms with E-state index >= 15 is 0 Å². The van der Waals surface area contributed by atoms with Gasteiger partial charge in [0.2, 0.25) is 0 Å². The Morgan fingerprint density at radius 2 is 1.48 bits per heavy atom. The standard InChI is InChI=1S/C21H30N2O2/c1-4-13-23(14-11-17-5-8-19(24-2)9-6-17)15-12-18-7-10-21(25-3)20(22)16-18/h5-10,16H,4,11-15,22H2,1-3H3. The molecule has 0 radical (unpaired) electrons. The van der Waals surface area contributed by atoms with E-state index < -0.39 is 0 Å². The average molecular weight is 342 g/mol. The first-order valence-corrected chi connectivity index (χ1v) is 8.94. The molecule has 2 aromatic carbocycles. The van der Waals surface area contributed by atoms with E-state index in [-0.39, 0.29) is 0 Å². The molecule has 4 nitrogen and oxygen atoms in total. The zero-order valence-corrected chi connectivity index (χ0v) is 15.6. The Labute approximate surface area is 151 Å². The second kappa shape index (κ2) is 9.94. The highest BCUT2D eigenvalue weighted by Gasteiger charge is 2.07. The third kappa shape index (κ3) is 5.98. The van der Waals surface area contributed by atoms with Crippen LogP contribution in [0.2, 0.25) is 0 Å². The van der Waals surface area contributed by atoms with E-state index in [9.17, 15) is 0 Å². The number of hydrogen-bond donors (Lipinski definition) is 1. The van der Waals surface area contributed by atoms with Gasteiger partial charge in [-0.3, -0.25) is 0 Å². The molecule has 0 bridgehead atoms. The predicted molar refractivity (Wildman–Crippen MR) is 105 cm³/mol. The van der Waals surface area contributed by atoms with Crippen molar-refractivity contribution in [3.63, 3.8) is 0 Å². The fourth-order valence-electron chi connectivity index (χ4n) is 2.96. The molecule has 0 fully saturated rings. The van der Waals surface area contributed by atoms with Gasteiger partial charge >= 0.3 is 0 Å². The molecule has 2 aromatic rings. The van der Waals surface area contributed by atoms with Crippen LogP contribution in [0, 0.1) is 0 Å². The normalized spacial score (nSPS) is 10.9. The van der Waals surface area contributed by atoms with Crippen LogP contribution < -0.4 is 15.2 Å². The van der Waals surface area contributed by atoms with Crippen molar-refractivity contribution in [3.8, 4) is 11.5 Å². The summed E-state index contributed by atoms with van der Waals surface area (Å²) in [6.07, 6.45) is 3.21. The fourth-order valence-corrected chi connectivity index (χ4v) is 2.96. The second-order valence-corrected chi connectivity index (χ2v) is 6.27. The third-order valence-electron chi connectivity index (χ3n) is 4.43. The number of methoxy groups -OCH3 is 2. The van der Waals surface area contributed by atoms with Crippen LogP contribution >= 0.6 is 0 Å². The maximum atomic E-state index is 6.01. The lowest BCUT2D eigenvalue weighted by molar-refractivity contribution is 0.281. The summed E-state index contributed by atoms with van der Waals surface area (Å²) in [5.41, 5.74) is 9.31. The third-order valence-corrected chi connectivity index (χ3v) is 4.43. The summed E-state index contributed by atoms with van der Waals surface area (Å²) in [6.45, 7) is 5.44. The SMILES string of the molecule is CCCN(CCc1ccc(OC)cc1)CCc1ccc(OC)c(N)c1. The summed E-state index contributed by atoms with van der Waals surface area (Å²) >= 11 is 0. The Hall–Kier alpha value is -2.20. The first kappa shape index (κ1) is 19.1. The van der Waals surface area contributed by atoms with Crippen LogP contribution in [0.25, 0.3) is 0 Å². The predicted octanol–water partition coefficient (Wildman–Crippen LogP) is 3.78. The Morgan fingerprint density at radius 1 is 0.840 bits per heavy atom. The molecule has 0 amide bonds. The molecule has 2 N–H and O–H groups in total. The number of nitrogens with zero attached hydrogens (tertiary/aromatic N) is 1. The first-order valence-electron chi connectivity index (χ1n) is 8.94. The number of hydrogen-bond acceptors (Lipinski definition) is 4. The lowest BCUT2D eigenvalue weighted by Crippen LogP contribution is -2.29. The van der Waals surface area contributed by atoms with Crippen molar-refractivity contribution >= 4 is 5.69 Å². The van der Waals surface area contributed by atoms with Crippen molar-refractivity contribution in [1.29, 1.82) is 0 Å². The minimum absolute atomic E-state index is 0.709. The van der Waals surface area contributed by atoms with E-state index in [4.69, 9.17) is 15.2 Å². The van der Waals surface area contributed by atoms with E-state index in [0.717, 1.165) is 50.4 Å². The van der Waals surface area contributed by atoms with Gasteiger partial charge in [0.05, 0.1) is 19.9 Å². The molecule has 136 valence electrons. The van der Waals surface area contributed by atoms with Crippen molar-refractivity contribution in [2.75, 3.05) is 39.6 Å². The maximum absolute atomic E-state index is 6.01. The minimum atomic E-state index is 0.709. The van der Waals surface area contributed by atoms with E-state index in [0.29, 0.717) is 5.69 Å². The molecule has 4 heteroatoms. The van der Waals surface area contributed by atoms with Gasteiger partial charge in [0.25, 0.3) is 0 Å². The van der Waals surface area contributed by atoms with Gasteiger partial charge in [-0.1, -0.05) is 25.1 Å². The molecular weight excluding hydrogens is 312 g/mol. The molecule has 0 heterocycles. The highest BCUT2D eigenvalue weighted by Crippen LogP contribution is 2.22. The smallest absolute Gasteiger partial charge is 0.141 e. The summed E-state index contributed by atoms with van der Waals surface area (Å²) in [6, 6.07) is 14.4. The highest BCUT2D eigenvalue weighted by atomic mass is 16.5. The van der Waals surface area contributed by atoms with E-state index in [1.807, 2.05) is 24.3 Å². The molecule has 0 aliphatic carbocycles. The van der Waals surface area contributed by atoms with Crippen LogP contribution in [0.5, 0.6) is 11.5 Å². The molecule has 2 rings (SSSR count). The van der Waals surface area contributed by atoms with Gasteiger partial charge in [-0.25, -0.2) is 0 Å². The minimum Gasteiger partial charge on any atom is -0.497 e. The van der Waals surface area contributed by atoms with Crippen LogP contribution in [0.1, 0.15) is 24.5 Å². The van der Waals surface area contributed by atoms with Crippen molar-refractivity contribution < 1.29 is 9.47 Å². The fraction of sp³-hybridized carbons (Fsp3) is 0.429. The van der Waals surface area contributed by atoms with Gasteiger partial charge in [-0.05, 0) is 61.2 Å². The zero-order valence-electron chi connectivity index (χ0n) is 15.6. The molecule has 0 unspecified atom stereocenters. The molecule has 0 saturated carbocycles. The van der Waals surface area contributed by atoms with Gasteiger partial charge in [0.1, 0.15) is 11.5 Å². The van der Waals surface area contributed by atoms with Crippen LogP contribution in [0.3, 0.4) is 0 Å². The molecular formula is C21H30N2O2. The van der Waals surface area contributed by atoms with Crippen LogP contribution in [-0.4, -0.2) is 38.8 Å². The lowest BCUT2D eigenvalue weighted by Gasteiger charge is -2.22.